The average Bonchev–Trinajstić information content (AvgIpc) is 3.07. The molecule has 0 aliphatic carbocycles. The number of hydrogen-bond donors (Lipinski definition) is 2. The van der Waals surface area contributed by atoms with Gasteiger partial charge in [-0.1, -0.05) is 11.6 Å². The Labute approximate surface area is 165 Å². The number of carbonyl (C=O) groups is 1. The first-order valence-electron chi connectivity index (χ1n) is 7.44. The van der Waals surface area contributed by atoms with E-state index >= 15 is 0 Å². The number of phenols is 1. The fraction of sp³-hybridized carbons (Fsp3) is 0. The Kier molecular flexibility index (Phi) is 5.20. The number of benzene rings is 2. The van der Waals surface area contributed by atoms with Gasteiger partial charge in [-0.05, 0) is 18.2 Å². The second-order valence-corrected chi connectivity index (χ2v) is 6.93. The number of nitro groups is 2. The molecule has 10 nitrogen and oxygen atoms in total. The van der Waals surface area contributed by atoms with Crippen LogP contribution in [0.1, 0.15) is 15.2 Å². The number of nitrogens with one attached hydrogen (secondary N) is 1. The van der Waals surface area contributed by atoms with Gasteiger partial charge in [0.05, 0.1) is 20.9 Å². The second kappa shape index (κ2) is 7.58. The number of carbonyl (C=O) groups excluding carboxylic acids is 1. The Bertz CT molecular complexity index is 1160. The summed E-state index contributed by atoms with van der Waals surface area (Å²) in [6, 6.07) is 7.96. The molecule has 0 bridgehead atoms. The van der Waals surface area contributed by atoms with Crippen molar-refractivity contribution in [2.75, 3.05) is 0 Å². The molecule has 0 spiro atoms. The van der Waals surface area contributed by atoms with E-state index in [1.165, 1.54) is 24.3 Å². The van der Waals surface area contributed by atoms with Crippen LogP contribution in [-0.4, -0.2) is 27.1 Å². The molecule has 2 aromatic carbocycles. The van der Waals surface area contributed by atoms with Crippen LogP contribution in [0.4, 0.5) is 11.4 Å². The van der Waals surface area contributed by atoms with Crippen LogP contribution in [0.3, 0.4) is 0 Å². The van der Waals surface area contributed by atoms with Crippen molar-refractivity contribution in [2.45, 2.75) is 0 Å². The maximum atomic E-state index is 12.2. The van der Waals surface area contributed by atoms with Crippen molar-refractivity contribution in [3.8, 4) is 5.75 Å². The van der Waals surface area contributed by atoms with E-state index in [9.17, 15) is 30.1 Å². The highest BCUT2D eigenvalue weighted by atomic mass is 35.5. The molecule has 28 heavy (non-hydrogen) atoms. The molecule has 0 saturated heterocycles. The molecule has 2 N–H and O–H groups in total. The lowest BCUT2D eigenvalue weighted by atomic mass is 10.2. The number of halogens is 1. The predicted octanol–water partition coefficient (Wildman–Crippen LogP) is 3.84. The third-order valence-electron chi connectivity index (χ3n) is 3.58. The Morgan fingerprint density at radius 1 is 1.18 bits per heavy atom. The number of non-ortho nitro benzene ring substituents is 1. The summed E-state index contributed by atoms with van der Waals surface area (Å²) < 4.78 is 0.683. The zero-order valence-electron chi connectivity index (χ0n) is 13.7. The largest absolute Gasteiger partial charge is 0.502 e. The highest BCUT2D eigenvalue weighted by molar-refractivity contribution is 7.20. The molecular formula is C16H9ClN4O6S. The van der Waals surface area contributed by atoms with E-state index in [1.807, 2.05) is 0 Å². The van der Waals surface area contributed by atoms with Gasteiger partial charge in [0.25, 0.3) is 11.6 Å². The monoisotopic (exact) mass is 420 g/mol. The van der Waals surface area contributed by atoms with Gasteiger partial charge in [-0.2, -0.15) is 5.10 Å². The minimum atomic E-state index is -0.798. The van der Waals surface area contributed by atoms with Crippen LogP contribution in [0.25, 0.3) is 10.1 Å². The Hall–Kier alpha value is -3.57. The second-order valence-electron chi connectivity index (χ2n) is 5.41. The Morgan fingerprint density at radius 2 is 1.93 bits per heavy atom. The summed E-state index contributed by atoms with van der Waals surface area (Å²) >= 11 is 6.89. The van der Waals surface area contributed by atoms with E-state index in [2.05, 4.69) is 10.5 Å². The van der Waals surface area contributed by atoms with Crippen LogP contribution in [0.15, 0.2) is 41.5 Å². The van der Waals surface area contributed by atoms with Crippen molar-refractivity contribution in [1.82, 2.24) is 5.43 Å². The van der Waals surface area contributed by atoms with E-state index in [1.54, 1.807) is 6.07 Å². The summed E-state index contributed by atoms with van der Waals surface area (Å²) in [6.07, 6.45) is 1.02. The fourth-order valence-corrected chi connectivity index (χ4v) is 3.47. The van der Waals surface area contributed by atoms with E-state index < -0.39 is 27.2 Å². The van der Waals surface area contributed by atoms with Crippen LogP contribution in [-0.2, 0) is 0 Å². The number of hydrazone groups is 1. The summed E-state index contributed by atoms with van der Waals surface area (Å²) in [5.74, 6) is -1.22. The quantitative estimate of drug-likeness (QED) is 0.364. The molecule has 1 aromatic heterocycles. The van der Waals surface area contributed by atoms with Crippen LogP contribution >= 0.6 is 22.9 Å². The molecule has 142 valence electrons. The van der Waals surface area contributed by atoms with E-state index in [-0.39, 0.29) is 21.2 Å². The summed E-state index contributed by atoms with van der Waals surface area (Å²) in [7, 11) is 0. The number of phenolic OH excluding ortho intramolecular Hbond substituents is 1. The third-order valence-corrected chi connectivity index (χ3v) is 4.92. The maximum absolute atomic E-state index is 12.2. The van der Waals surface area contributed by atoms with Crippen LogP contribution in [0.2, 0.25) is 5.02 Å². The number of amides is 1. The van der Waals surface area contributed by atoms with Gasteiger partial charge in [-0.3, -0.25) is 25.0 Å². The summed E-state index contributed by atoms with van der Waals surface area (Å²) in [6.45, 7) is 0. The Balaban J connectivity index is 1.80. The van der Waals surface area contributed by atoms with Gasteiger partial charge in [0, 0.05) is 38.9 Å². The number of rotatable bonds is 5. The molecule has 0 unspecified atom stereocenters. The molecule has 12 heteroatoms. The molecule has 3 rings (SSSR count). The van der Waals surface area contributed by atoms with Gasteiger partial charge in [-0.15, -0.1) is 11.3 Å². The number of nitro benzene ring substituents is 2. The van der Waals surface area contributed by atoms with Gasteiger partial charge < -0.3 is 5.11 Å². The number of fused-ring (bicyclic) bond motifs is 1. The highest BCUT2D eigenvalue weighted by Crippen LogP contribution is 2.32. The topological polar surface area (TPSA) is 148 Å². The van der Waals surface area contributed by atoms with E-state index in [0.717, 1.165) is 23.6 Å². The molecule has 0 aliphatic heterocycles. The number of hydrogen-bond acceptors (Lipinski definition) is 8. The fourth-order valence-electron chi connectivity index (χ4n) is 2.31. The lowest BCUT2D eigenvalue weighted by Crippen LogP contribution is -2.16. The lowest BCUT2D eigenvalue weighted by molar-refractivity contribution is -0.385. The number of nitrogens with zero attached hydrogens (tertiary/aromatic N) is 3. The molecule has 3 aromatic rings. The molecular weight excluding hydrogens is 412 g/mol. The van der Waals surface area contributed by atoms with E-state index in [0.29, 0.717) is 10.1 Å². The smallest absolute Gasteiger partial charge is 0.312 e. The SMILES string of the molecule is O=C(NN=Cc1cc(Cl)cc([N+](=O)[O-])c1O)c1cc2cc([N+](=O)[O-])ccc2s1. The number of aromatic hydroxyl groups is 1. The molecule has 0 radical (unpaired) electrons. The van der Waals surface area contributed by atoms with Crippen molar-refractivity contribution in [3.63, 3.8) is 0 Å². The average molecular weight is 421 g/mol. The zero-order chi connectivity index (χ0) is 20.4. The summed E-state index contributed by atoms with van der Waals surface area (Å²) in [5, 5.41) is 35.8. The molecule has 1 heterocycles. The van der Waals surface area contributed by atoms with Crippen molar-refractivity contribution in [1.29, 1.82) is 0 Å². The molecule has 1 amide bonds. The van der Waals surface area contributed by atoms with Crippen LogP contribution in [0, 0.1) is 20.2 Å². The first kappa shape index (κ1) is 19.2. The van der Waals surface area contributed by atoms with Gasteiger partial charge in [-0.25, -0.2) is 5.43 Å². The molecule has 0 fully saturated rings. The van der Waals surface area contributed by atoms with Gasteiger partial charge >= 0.3 is 5.69 Å². The van der Waals surface area contributed by atoms with Crippen molar-refractivity contribution in [3.05, 3.63) is 72.1 Å². The van der Waals surface area contributed by atoms with Crippen LogP contribution < -0.4 is 5.43 Å². The minimum Gasteiger partial charge on any atom is -0.502 e. The summed E-state index contributed by atoms with van der Waals surface area (Å²) in [4.78, 5) is 32.8. The lowest BCUT2D eigenvalue weighted by Gasteiger charge is -2.01. The van der Waals surface area contributed by atoms with Crippen molar-refractivity contribution < 1.29 is 19.7 Å². The summed E-state index contributed by atoms with van der Waals surface area (Å²) in [5.41, 5.74) is 1.49. The van der Waals surface area contributed by atoms with Gasteiger partial charge in [0.2, 0.25) is 5.75 Å². The van der Waals surface area contributed by atoms with Crippen LogP contribution in [0.5, 0.6) is 5.75 Å². The van der Waals surface area contributed by atoms with Gasteiger partial charge in [0.15, 0.2) is 0 Å². The normalized spacial score (nSPS) is 11.0. The first-order chi connectivity index (χ1) is 13.3. The minimum absolute atomic E-state index is 0.0170. The van der Waals surface area contributed by atoms with E-state index in [4.69, 9.17) is 11.6 Å². The highest BCUT2D eigenvalue weighted by Gasteiger charge is 2.18. The molecule has 0 saturated carbocycles. The molecule has 0 atom stereocenters. The Morgan fingerprint density at radius 3 is 2.61 bits per heavy atom. The molecule has 0 aliphatic rings. The maximum Gasteiger partial charge on any atom is 0.312 e. The van der Waals surface area contributed by atoms with Gasteiger partial charge in [0.1, 0.15) is 0 Å². The van der Waals surface area contributed by atoms with Crippen molar-refractivity contribution >= 4 is 56.5 Å². The zero-order valence-corrected chi connectivity index (χ0v) is 15.2. The standard InChI is InChI=1S/C16H9ClN4O6S/c17-10-3-9(15(22)12(6-10)21(26)27)7-18-19-16(23)14-5-8-4-11(20(24)25)1-2-13(8)28-14/h1-7,22H,(H,19,23). The predicted molar refractivity (Wildman–Crippen MR) is 103 cm³/mol. The third kappa shape index (κ3) is 3.89. The van der Waals surface area contributed by atoms with Crippen molar-refractivity contribution in [2.24, 2.45) is 5.10 Å². The number of thiophene rings is 1. The first-order valence-corrected chi connectivity index (χ1v) is 8.64.